The highest BCUT2D eigenvalue weighted by molar-refractivity contribution is 5.99. The van der Waals surface area contributed by atoms with Crippen LogP contribution in [0.1, 0.15) is 29.0 Å². The van der Waals surface area contributed by atoms with Crippen molar-refractivity contribution < 1.29 is 18.7 Å². The lowest BCUT2D eigenvalue weighted by Gasteiger charge is -2.38. The Morgan fingerprint density at radius 1 is 1.40 bits per heavy atom. The Morgan fingerprint density at radius 3 is 3.04 bits per heavy atom. The summed E-state index contributed by atoms with van der Waals surface area (Å²) in [6, 6.07) is 7.81. The summed E-state index contributed by atoms with van der Waals surface area (Å²) in [4.78, 5) is 15.1. The zero-order valence-electron chi connectivity index (χ0n) is 14.4. The van der Waals surface area contributed by atoms with Crippen molar-refractivity contribution in [3.05, 3.63) is 48.2 Å². The van der Waals surface area contributed by atoms with Crippen LogP contribution < -0.4 is 0 Å². The molecule has 2 heterocycles. The third-order valence-electron chi connectivity index (χ3n) is 5.26. The van der Waals surface area contributed by atoms with E-state index in [-0.39, 0.29) is 24.2 Å². The minimum atomic E-state index is -0.0673. The summed E-state index contributed by atoms with van der Waals surface area (Å²) in [6.07, 6.45) is 3.48. The topological polar surface area (TPSA) is 51.9 Å². The number of ether oxygens (including phenoxy) is 2. The SMILES string of the molecule is C=CCO[C@H]1CC[C@H]2[C@H]1OCCN2C(=O)c1oc2ccccc2c1C. The molecule has 2 aromatic rings. The zero-order valence-corrected chi connectivity index (χ0v) is 14.4. The van der Waals surface area contributed by atoms with E-state index in [1.807, 2.05) is 36.1 Å². The van der Waals surface area contributed by atoms with Gasteiger partial charge >= 0.3 is 0 Å². The number of carbonyl (C=O) groups is 1. The fourth-order valence-corrected chi connectivity index (χ4v) is 4.05. The van der Waals surface area contributed by atoms with Crippen molar-refractivity contribution in [2.45, 2.75) is 38.0 Å². The van der Waals surface area contributed by atoms with Crippen molar-refractivity contribution >= 4 is 16.9 Å². The van der Waals surface area contributed by atoms with E-state index in [0.29, 0.717) is 25.5 Å². The Labute approximate surface area is 147 Å². The maximum Gasteiger partial charge on any atom is 0.290 e. The van der Waals surface area contributed by atoms with Crippen LogP contribution in [0.5, 0.6) is 0 Å². The van der Waals surface area contributed by atoms with Gasteiger partial charge in [0.25, 0.3) is 5.91 Å². The van der Waals surface area contributed by atoms with E-state index in [4.69, 9.17) is 13.9 Å². The molecular weight excluding hydrogens is 318 g/mol. The molecule has 1 saturated carbocycles. The number of aryl methyl sites for hydroxylation is 1. The first-order chi connectivity index (χ1) is 12.2. The molecule has 1 aromatic carbocycles. The summed E-state index contributed by atoms with van der Waals surface area (Å²) in [5.74, 6) is 0.397. The highest BCUT2D eigenvalue weighted by atomic mass is 16.5. The van der Waals surface area contributed by atoms with Gasteiger partial charge in [-0.3, -0.25) is 4.79 Å². The fraction of sp³-hybridized carbons (Fsp3) is 0.450. The van der Waals surface area contributed by atoms with Crippen LogP contribution >= 0.6 is 0 Å². The summed E-state index contributed by atoms with van der Waals surface area (Å²) >= 11 is 0. The highest BCUT2D eigenvalue weighted by Gasteiger charge is 2.45. The Hall–Kier alpha value is -2.11. The second-order valence-electron chi connectivity index (χ2n) is 6.69. The molecule has 0 N–H and O–H groups in total. The molecule has 5 heteroatoms. The number of benzene rings is 1. The molecule has 0 unspecified atom stereocenters. The van der Waals surface area contributed by atoms with Gasteiger partial charge in [-0.1, -0.05) is 24.3 Å². The van der Waals surface area contributed by atoms with E-state index in [1.165, 1.54) is 0 Å². The lowest BCUT2D eigenvalue weighted by Crippen LogP contribution is -2.54. The van der Waals surface area contributed by atoms with Crippen LogP contribution in [0.25, 0.3) is 11.0 Å². The maximum absolute atomic E-state index is 13.2. The molecule has 0 radical (unpaired) electrons. The highest BCUT2D eigenvalue weighted by Crippen LogP contribution is 2.34. The normalized spacial score (nSPS) is 26.0. The minimum absolute atomic E-state index is 0.0235. The molecule has 0 spiro atoms. The number of rotatable bonds is 4. The molecule has 1 amide bonds. The average Bonchev–Trinajstić information content (AvgIpc) is 3.21. The van der Waals surface area contributed by atoms with Crippen LogP contribution in [0.3, 0.4) is 0 Å². The molecule has 1 aliphatic heterocycles. The van der Waals surface area contributed by atoms with Crippen LogP contribution in [-0.2, 0) is 9.47 Å². The number of furan rings is 1. The van der Waals surface area contributed by atoms with Crippen molar-refractivity contribution in [2.75, 3.05) is 19.8 Å². The minimum Gasteiger partial charge on any atom is -0.451 e. The van der Waals surface area contributed by atoms with Gasteiger partial charge in [0.2, 0.25) is 0 Å². The number of hydrogen-bond donors (Lipinski definition) is 0. The van der Waals surface area contributed by atoms with Crippen molar-refractivity contribution in [3.8, 4) is 0 Å². The third-order valence-corrected chi connectivity index (χ3v) is 5.26. The maximum atomic E-state index is 13.2. The first kappa shape index (κ1) is 16.4. The van der Waals surface area contributed by atoms with Crippen LogP contribution in [0.15, 0.2) is 41.3 Å². The standard InChI is InChI=1S/C20H23NO4/c1-3-11-23-17-9-8-15-19(17)24-12-10-21(15)20(22)18-13(2)14-6-4-5-7-16(14)25-18/h3-7,15,17,19H,1,8-12H2,2H3/t15-,17-,19+/m0/s1. The molecule has 3 atom stereocenters. The largest absolute Gasteiger partial charge is 0.451 e. The number of fused-ring (bicyclic) bond motifs is 2. The lowest BCUT2D eigenvalue weighted by atomic mass is 10.1. The van der Waals surface area contributed by atoms with E-state index in [1.54, 1.807) is 6.08 Å². The number of hydrogen-bond acceptors (Lipinski definition) is 4. The number of morpholine rings is 1. The Bertz CT molecular complexity index is 796. The molecular formula is C20H23NO4. The van der Waals surface area contributed by atoms with Gasteiger partial charge in [0.15, 0.2) is 5.76 Å². The predicted octanol–water partition coefficient (Wildman–Crippen LogP) is 3.32. The van der Waals surface area contributed by atoms with Crippen LogP contribution in [0.4, 0.5) is 0 Å². The Balaban J connectivity index is 1.59. The molecule has 25 heavy (non-hydrogen) atoms. The molecule has 132 valence electrons. The third kappa shape index (κ3) is 2.77. The van der Waals surface area contributed by atoms with E-state index in [9.17, 15) is 4.79 Å². The van der Waals surface area contributed by atoms with E-state index < -0.39 is 0 Å². The molecule has 2 fully saturated rings. The summed E-state index contributed by atoms with van der Waals surface area (Å²) in [6.45, 7) is 7.27. The molecule has 5 nitrogen and oxygen atoms in total. The molecule has 1 aromatic heterocycles. The Kier molecular flexibility index (Phi) is 4.36. The van der Waals surface area contributed by atoms with Gasteiger partial charge < -0.3 is 18.8 Å². The van der Waals surface area contributed by atoms with Crippen LogP contribution in [-0.4, -0.2) is 48.8 Å². The molecule has 2 aliphatic rings. The van der Waals surface area contributed by atoms with E-state index in [0.717, 1.165) is 29.4 Å². The van der Waals surface area contributed by atoms with Gasteiger partial charge in [-0.2, -0.15) is 0 Å². The van der Waals surface area contributed by atoms with Crippen LogP contribution in [0.2, 0.25) is 0 Å². The van der Waals surface area contributed by atoms with E-state index in [2.05, 4.69) is 6.58 Å². The van der Waals surface area contributed by atoms with Gasteiger partial charge in [-0.15, -0.1) is 6.58 Å². The van der Waals surface area contributed by atoms with Gasteiger partial charge in [0, 0.05) is 17.5 Å². The smallest absolute Gasteiger partial charge is 0.290 e. The summed E-state index contributed by atoms with van der Waals surface area (Å²) < 4.78 is 17.6. The number of carbonyl (C=O) groups excluding carboxylic acids is 1. The van der Waals surface area contributed by atoms with Gasteiger partial charge in [0.05, 0.1) is 25.4 Å². The summed E-state index contributed by atoms with van der Waals surface area (Å²) in [5, 5.41) is 0.995. The number of nitrogens with zero attached hydrogens (tertiary/aromatic N) is 1. The van der Waals surface area contributed by atoms with Crippen molar-refractivity contribution in [3.63, 3.8) is 0 Å². The van der Waals surface area contributed by atoms with Gasteiger partial charge in [0.1, 0.15) is 11.7 Å². The lowest BCUT2D eigenvalue weighted by molar-refractivity contribution is -0.100. The van der Waals surface area contributed by atoms with Gasteiger partial charge in [-0.25, -0.2) is 0 Å². The number of amides is 1. The summed E-state index contributed by atoms with van der Waals surface area (Å²) in [5.41, 5.74) is 1.66. The zero-order chi connectivity index (χ0) is 17.4. The van der Waals surface area contributed by atoms with Crippen LogP contribution in [0, 0.1) is 6.92 Å². The molecule has 0 bridgehead atoms. The second kappa shape index (κ2) is 6.65. The average molecular weight is 341 g/mol. The first-order valence-electron chi connectivity index (χ1n) is 8.84. The monoisotopic (exact) mass is 341 g/mol. The summed E-state index contributed by atoms with van der Waals surface area (Å²) in [7, 11) is 0. The van der Waals surface area contributed by atoms with Gasteiger partial charge in [-0.05, 0) is 25.8 Å². The molecule has 4 rings (SSSR count). The molecule has 1 saturated heterocycles. The number of para-hydroxylation sites is 1. The van der Waals surface area contributed by atoms with Crippen molar-refractivity contribution in [2.24, 2.45) is 0 Å². The second-order valence-corrected chi connectivity index (χ2v) is 6.69. The first-order valence-corrected chi connectivity index (χ1v) is 8.84. The Morgan fingerprint density at radius 2 is 2.24 bits per heavy atom. The van der Waals surface area contributed by atoms with E-state index >= 15 is 0 Å². The fourth-order valence-electron chi connectivity index (χ4n) is 4.05. The molecule has 1 aliphatic carbocycles. The quantitative estimate of drug-likeness (QED) is 0.801. The van der Waals surface area contributed by atoms with Crippen molar-refractivity contribution in [1.82, 2.24) is 4.90 Å². The predicted molar refractivity (Wildman–Crippen MR) is 94.7 cm³/mol. The van der Waals surface area contributed by atoms with Crippen molar-refractivity contribution in [1.29, 1.82) is 0 Å².